The SMILES string of the molecule is COc1ncccc1NS(=O)(=O)c1cccc2cc(C)cnc12. The molecule has 0 radical (unpaired) electrons. The minimum Gasteiger partial charge on any atom is -0.480 e. The van der Waals surface area contributed by atoms with E-state index in [1.807, 2.05) is 19.1 Å². The Kier molecular flexibility index (Phi) is 3.87. The average Bonchev–Trinajstić information content (AvgIpc) is 2.54. The Morgan fingerprint density at radius 2 is 1.96 bits per heavy atom. The van der Waals surface area contributed by atoms with Crippen LogP contribution >= 0.6 is 0 Å². The maximum Gasteiger partial charge on any atom is 0.264 e. The van der Waals surface area contributed by atoms with Crippen LogP contribution in [0.25, 0.3) is 10.9 Å². The van der Waals surface area contributed by atoms with E-state index in [0.29, 0.717) is 5.52 Å². The van der Waals surface area contributed by atoms with Crippen molar-refractivity contribution in [3.8, 4) is 5.88 Å². The fourth-order valence-electron chi connectivity index (χ4n) is 2.29. The van der Waals surface area contributed by atoms with Crippen LogP contribution in [-0.2, 0) is 10.0 Å². The lowest BCUT2D eigenvalue weighted by Gasteiger charge is -2.12. The number of methoxy groups -OCH3 is 1. The van der Waals surface area contributed by atoms with E-state index >= 15 is 0 Å². The van der Waals surface area contributed by atoms with Crippen molar-refractivity contribution >= 4 is 26.6 Å². The summed E-state index contributed by atoms with van der Waals surface area (Å²) in [7, 11) is -2.38. The number of pyridine rings is 2. The van der Waals surface area contributed by atoms with Gasteiger partial charge < -0.3 is 4.74 Å². The lowest BCUT2D eigenvalue weighted by Crippen LogP contribution is -2.14. The van der Waals surface area contributed by atoms with Crippen molar-refractivity contribution in [2.75, 3.05) is 11.8 Å². The molecule has 0 aliphatic heterocycles. The zero-order chi connectivity index (χ0) is 16.4. The number of aromatic nitrogens is 2. The van der Waals surface area contributed by atoms with Gasteiger partial charge in [-0.3, -0.25) is 9.71 Å². The number of nitrogens with one attached hydrogen (secondary N) is 1. The fourth-order valence-corrected chi connectivity index (χ4v) is 3.53. The number of anilines is 1. The molecule has 0 saturated carbocycles. The van der Waals surface area contributed by atoms with E-state index in [0.717, 1.165) is 10.9 Å². The van der Waals surface area contributed by atoms with Crippen molar-refractivity contribution in [1.29, 1.82) is 0 Å². The van der Waals surface area contributed by atoms with Crippen LogP contribution in [0.2, 0.25) is 0 Å². The Balaban J connectivity index is 2.10. The summed E-state index contributed by atoms with van der Waals surface area (Å²) >= 11 is 0. The van der Waals surface area contributed by atoms with Gasteiger partial charge in [-0.2, -0.15) is 0 Å². The van der Waals surface area contributed by atoms with Crippen LogP contribution in [0.3, 0.4) is 0 Å². The molecule has 1 aromatic carbocycles. The third kappa shape index (κ3) is 2.95. The summed E-state index contributed by atoms with van der Waals surface area (Å²) in [4.78, 5) is 8.36. The minimum absolute atomic E-state index is 0.112. The standard InChI is InChI=1S/C16H15N3O3S/c1-11-9-12-5-3-7-14(15(12)18-10-11)23(20,21)19-13-6-4-8-17-16(13)22-2/h3-10,19H,1-2H3. The first-order valence-electron chi connectivity index (χ1n) is 6.88. The number of rotatable bonds is 4. The average molecular weight is 329 g/mol. The van der Waals surface area contributed by atoms with Gasteiger partial charge in [-0.25, -0.2) is 13.4 Å². The molecule has 0 saturated heterocycles. The molecule has 2 aromatic heterocycles. The highest BCUT2D eigenvalue weighted by Crippen LogP contribution is 2.27. The molecule has 0 spiro atoms. The van der Waals surface area contributed by atoms with Crippen LogP contribution < -0.4 is 9.46 Å². The van der Waals surface area contributed by atoms with Gasteiger partial charge >= 0.3 is 0 Å². The van der Waals surface area contributed by atoms with Gasteiger partial charge in [0.25, 0.3) is 10.0 Å². The Morgan fingerprint density at radius 3 is 2.74 bits per heavy atom. The minimum atomic E-state index is -3.82. The summed E-state index contributed by atoms with van der Waals surface area (Å²) in [6.07, 6.45) is 3.17. The first kappa shape index (κ1) is 15.2. The van der Waals surface area contributed by atoms with E-state index in [1.54, 1.807) is 24.4 Å². The van der Waals surface area contributed by atoms with Crippen molar-refractivity contribution in [2.45, 2.75) is 11.8 Å². The van der Waals surface area contributed by atoms with Crippen molar-refractivity contribution in [3.05, 3.63) is 54.4 Å². The molecular weight excluding hydrogens is 314 g/mol. The lowest BCUT2D eigenvalue weighted by atomic mass is 10.2. The van der Waals surface area contributed by atoms with Gasteiger partial charge in [0, 0.05) is 17.8 Å². The Bertz CT molecular complexity index is 971. The zero-order valence-electron chi connectivity index (χ0n) is 12.6. The predicted molar refractivity (Wildman–Crippen MR) is 88.1 cm³/mol. The van der Waals surface area contributed by atoms with Crippen molar-refractivity contribution in [3.63, 3.8) is 0 Å². The molecule has 6 nitrogen and oxygen atoms in total. The molecule has 0 atom stereocenters. The van der Waals surface area contributed by atoms with Crippen LogP contribution in [0.4, 0.5) is 5.69 Å². The van der Waals surface area contributed by atoms with Gasteiger partial charge in [-0.15, -0.1) is 0 Å². The highest BCUT2D eigenvalue weighted by atomic mass is 32.2. The Hall–Kier alpha value is -2.67. The fraction of sp³-hybridized carbons (Fsp3) is 0.125. The first-order chi connectivity index (χ1) is 11.0. The van der Waals surface area contributed by atoms with E-state index in [4.69, 9.17) is 4.74 Å². The molecule has 0 aliphatic rings. The smallest absolute Gasteiger partial charge is 0.264 e. The molecule has 0 amide bonds. The quantitative estimate of drug-likeness (QED) is 0.796. The van der Waals surface area contributed by atoms with Gasteiger partial charge in [0.05, 0.1) is 12.6 Å². The highest BCUT2D eigenvalue weighted by Gasteiger charge is 2.20. The van der Waals surface area contributed by atoms with Crippen LogP contribution in [-0.4, -0.2) is 25.5 Å². The van der Waals surface area contributed by atoms with Gasteiger partial charge in [-0.1, -0.05) is 12.1 Å². The van der Waals surface area contributed by atoms with E-state index in [9.17, 15) is 8.42 Å². The number of hydrogen-bond donors (Lipinski definition) is 1. The lowest BCUT2D eigenvalue weighted by molar-refractivity contribution is 0.400. The first-order valence-corrected chi connectivity index (χ1v) is 8.37. The molecule has 7 heteroatoms. The van der Waals surface area contributed by atoms with Crippen LogP contribution in [0.5, 0.6) is 5.88 Å². The second-order valence-electron chi connectivity index (χ2n) is 5.01. The monoisotopic (exact) mass is 329 g/mol. The molecule has 0 fully saturated rings. The van der Waals surface area contributed by atoms with Gasteiger partial charge in [0.1, 0.15) is 10.6 Å². The van der Waals surface area contributed by atoms with Crippen LogP contribution in [0, 0.1) is 6.92 Å². The summed E-state index contributed by atoms with van der Waals surface area (Å²) in [6.45, 7) is 1.91. The molecule has 23 heavy (non-hydrogen) atoms. The van der Waals surface area contributed by atoms with Crippen molar-refractivity contribution < 1.29 is 13.2 Å². The third-order valence-corrected chi connectivity index (χ3v) is 4.71. The number of ether oxygens (including phenoxy) is 1. The molecule has 118 valence electrons. The summed E-state index contributed by atoms with van der Waals surface area (Å²) in [5, 5.41) is 0.769. The predicted octanol–water partition coefficient (Wildman–Crippen LogP) is 2.75. The zero-order valence-corrected chi connectivity index (χ0v) is 13.5. The van der Waals surface area contributed by atoms with E-state index in [2.05, 4.69) is 14.7 Å². The van der Waals surface area contributed by atoms with Crippen molar-refractivity contribution in [1.82, 2.24) is 9.97 Å². The molecule has 1 N–H and O–H groups in total. The Labute approximate surface area is 134 Å². The van der Waals surface area contributed by atoms with E-state index < -0.39 is 10.0 Å². The maximum absolute atomic E-state index is 12.7. The number of hydrogen-bond acceptors (Lipinski definition) is 5. The normalized spacial score (nSPS) is 11.4. The van der Waals surface area contributed by atoms with E-state index in [-0.39, 0.29) is 16.5 Å². The number of fused-ring (bicyclic) bond motifs is 1. The summed E-state index contributed by atoms with van der Waals surface area (Å²) < 4.78 is 33.1. The van der Waals surface area contributed by atoms with Crippen LogP contribution in [0.1, 0.15) is 5.56 Å². The molecule has 3 aromatic rings. The number of benzene rings is 1. The van der Waals surface area contributed by atoms with E-state index in [1.165, 1.54) is 19.4 Å². The highest BCUT2D eigenvalue weighted by molar-refractivity contribution is 7.93. The maximum atomic E-state index is 12.7. The van der Waals surface area contributed by atoms with Gasteiger partial charge in [0.2, 0.25) is 5.88 Å². The van der Waals surface area contributed by atoms with Gasteiger partial charge in [-0.05, 0) is 36.8 Å². The molecule has 0 aliphatic carbocycles. The molecule has 2 heterocycles. The number of nitrogens with zero attached hydrogens (tertiary/aromatic N) is 2. The van der Waals surface area contributed by atoms with Crippen LogP contribution in [0.15, 0.2) is 53.7 Å². The molecule has 3 rings (SSSR count). The summed E-state index contributed by atoms with van der Waals surface area (Å²) in [6, 6.07) is 10.2. The summed E-state index contributed by atoms with van der Waals surface area (Å²) in [5.74, 6) is 0.208. The molecular formula is C16H15N3O3S. The number of sulfonamides is 1. The largest absolute Gasteiger partial charge is 0.480 e. The second-order valence-corrected chi connectivity index (χ2v) is 6.66. The number of aryl methyl sites for hydroxylation is 1. The summed E-state index contributed by atoms with van der Waals surface area (Å²) in [5.41, 5.74) is 1.67. The molecule has 0 bridgehead atoms. The van der Waals surface area contributed by atoms with Gasteiger partial charge in [0.15, 0.2) is 0 Å². The number of para-hydroxylation sites is 1. The third-order valence-electron chi connectivity index (χ3n) is 3.31. The Morgan fingerprint density at radius 1 is 1.13 bits per heavy atom. The van der Waals surface area contributed by atoms with Crippen molar-refractivity contribution in [2.24, 2.45) is 0 Å². The second kappa shape index (κ2) is 5.85. The topological polar surface area (TPSA) is 81.2 Å². The molecule has 0 unspecified atom stereocenters.